The molecule has 0 saturated heterocycles. The minimum Gasteiger partial charge on any atom is -0.352 e. The van der Waals surface area contributed by atoms with Crippen LogP contribution in [0.15, 0.2) is 53.3 Å². The third-order valence-electron chi connectivity index (χ3n) is 4.58. The SMILES string of the molecule is Cc1ccc2[nH]c(=O)c(CNC(=O)CCC(=O)c3ccccc3C)cc2c1. The monoisotopic (exact) mass is 362 g/mol. The molecular weight excluding hydrogens is 340 g/mol. The summed E-state index contributed by atoms with van der Waals surface area (Å²) < 4.78 is 0. The topological polar surface area (TPSA) is 79.0 Å². The number of carbonyl (C=O) groups excluding carboxylic acids is 2. The van der Waals surface area contributed by atoms with Crippen LogP contribution in [-0.4, -0.2) is 16.7 Å². The van der Waals surface area contributed by atoms with Gasteiger partial charge in [-0.2, -0.15) is 0 Å². The lowest BCUT2D eigenvalue weighted by molar-refractivity contribution is -0.121. The molecule has 0 aliphatic heterocycles. The summed E-state index contributed by atoms with van der Waals surface area (Å²) in [4.78, 5) is 39.3. The van der Waals surface area contributed by atoms with Gasteiger partial charge >= 0.3 is 0 Å². The van der Waals surface area contributed by atoms with Gasteiger partial charge in [0, 0.05) is 36.0 Å². The lowest BCUT2D eigenvalue weighted by Crippen LogP contribution is -2.27. The number of rotatable bonds is 6. The zero-order valence-electron chi connectivity index (χ0n) is 15.5. The number of ketones is 1. The second-order valence-corrected chi connectivity index (χ2v) is 6.73. The summed E-state index contributed by atoms with van der Waals surface area (Å²) in [6.45, 7) is 4.00. The van der Waals surface area contributed by atoms with Crippen molar-refractivity contribution in [3.63, 3.8) is 0 Å². The summed E-state index contributed by atoms with van der Waals surface area (Å²) in [7, 11) is 0. The van der Waals surface area contributed by atoms with E-state index < -0.39 is 0 Å². The molecule has 0 radical (unpaired) electrons. The maximum absolute atomic E-state index is 12.2. The van der Waals surface area contributed by atoms with Gasteiger partial charge in [0.2, 0.25) is 5.91 Å². The van der Waals surface area contributed by atoms with Crippen molar-refractivity contribution in [2.24, 2.45) is 0 Å². The van der Waals surface area contributed by atoms with Crippen LogP contribution in [0.5, 0.6) is 0 Å². The van der Waals surface area contributed by atoms with Crippen LogP contribution in [0.1, 0.15) is 39.9 Å². The number of pyridine rings is 1. The van der Waals surface area contributed by atoms with E-state index in [1.54, 1.807) is 12.1 Å². The molecule has 5 nitrogen and oxygen atoms in total. The minimum absolute atomic E-state index is 0.0534. The van der Waals surface area contributed by atoms with Gasteiger partial charge in [0.15, 0.2) is 5.78 Å². The van der Waals surface area contributed by atoms with E-state index in [4.69, 9.17) is 0 Å². The Balaban J connectivity index is 1.60. The number of aromatic amines is 1. The second-order valence-electron chi connectivity index (χ2n) is 6.73. The molecule has 3 rings (SSSR count). The standard InChI is InChI=1S/C22H22N2O3/c1-14-7-8-19-16(11-14)12-17(22(27)24-19)13-23-21(26)10-9-20(25)18-6-4-3-5-15(18)2/h3-8,11-12H,9-10,13H2,1-2H3,(H,23,26)(H,24,27). The van der Waals surface area contributed by atoms with Gasteiger partial charge in [-0.05, 0) is 43.0 Å². The highest BCUT2D eigenvalue weighted by Gasteiger charge is 2.12. The van der Waals surface area contributed by atoms with Crippen LogP contribution >= 0.6 is 0 Å². The van der Waals surface area contributed by atoms with E-state index in [0.717, 1.165) is 22.0 Å². The van der Waals surface area contributed by atoms with Crippen molar-refractivity contribution in [2.45, 2.75) is 33.2 Å². The molecule has 0 bridgehead atoms. The summed E-state index contributed by atoms with van der Waals surface area (Å²) in [6, 6.07) is 14.9. The molecule has 0 spiro atoms. The van der Waals surface area contributed by atoms with Crippen molar-refractivity contribution >= 4 is 22.6 Å². The van der Waals surface area contributed by atoms with Gasteiger partial charge in [-0.25, -0.2) is 0 Å². The number of H-pyrrole nitrogens is 1. The lowest BCUT2D eigenvalue weighted by Gasteiger charge is -2.07. The average Bonchev–Trinajstić information content (AvgIpc) is 2.65. The fourth-order valence-electron chi connectivity index (χ4n) is 3.03. The number of hydrogen-bond acceptors (Lipinski definition) is 3. The number of nitrogens with one attached hydrogen (secondary N) is 2. The van der Waals surface area contributed by atoms with Crippen LogP contribution in [-0.2, 0) is 11.3 Å². The minimum atomic E-state index is -0.249. The van der Waals surface area contributed by atoms with Gasteiger partial charge in [0.05, 0.1) is 0 Å². The Morgan fingerprint density at radius 1 is 1.00 bits per heavy atom. The van der Waals surface area contributed by atoms with Crippen LogP contribution in [0.25, 0.3) is 10.9 Å². The number of Topliss-reactive ketones (excluding diaryl/α,β-unsaturated/α-hetero) is 1. The Morgan fingerprint density at radius 3 is 2.56 bits per heavy atom. The lowest BCUT2D eigenvalue weighted by atomic mass is 10.0. The van der Waals surface area contributed by atoms with Crippen molar-refractivity contribution in [3.8, 4) is 0 Å². The summed E-state index contributed by atoms with van der Waals surface area (Å²) in [5.41, 5.74) is 3.69. The first-order chi connectivity index (χ1) is 12.9. The molecule has 2 aromatic carbocycles. The Kier molecular flexibility index (Phi) is 5.50. The maximum Gasteiger partial charge on any atom is 0.253 e. The first-order valence-electron chi connectivity index (χ1n) is 8.92. The molecule has 1 amide bonds. The molecule has 27 heavy (non-hydrogen) atoms. The van der Waals surface area contributed by atoms with E-state index >= 15 is 0 Å². The van der Waals surface area contributed by atoms with Crippen LogP contribution in [0.3, 0.4) is 0 Å². The average molecular weight is 362 g/mol. The number of fused-ring (bicyclic) bond motifs is 1. The molecule has 0 aliphatic carbocycles. The predicted octanol–water partition coefficient (Wildman–Crippen LogP) is 3.42. The van der Waals surface area contributed by atoms with E-state index in [0.29, 0.717) is 11.1 Å². The zero-order chi connectivity index (χ0) is 19.4. The molecule has 1 heterocycles. The largest absolute Gasteiger partial charge is 0.352 e. The molecule has 5 heteroatoms. The smallest absolute Gasteiger partial charge is 0.253 e. The molecule has 3 aromatic rings. The highest BCUT2D eigenvalue weighted by molar-refractivity contribution is 5.99. The second kappa shape index (κ2) is 7.99. The number of aromatic nitrogens is 1. The fourth-order valence-corrected chi connectivity index (χ4v) is 3.03. The molecule has 1 aromatic heterocycles. The Labute approximate surface area is 157 Å². The Morgan fingerprint density at radius 2 is 1.78 bits per heavy atom. The van der Waals surface area contributed by atoms with E-state index in [-0.39, 0.29) is 36.6 Å². The van der Waals surface area contributed by atoms with Gasteiger partial charge in [-0.1, -0.05) is 35.9 Å². The third kappa shape index (κ3) is 4.50. The van der Waals surface area contributed by atoms with E-state index in [1.165, 1.54) is 0 Å². The normalized spacial score (nSPS) is 10.7. The first-order valence-corrected chi connectivity index (χ1v) is 8.92. The van der Waals surface area contributed by atoms with Crippen molar-refractivity contribution < 1.29 is 9.59 Å². The molecule has 0 aliphatic rings. The van der Waals surface area contributed by atoms with Crippen LogP contribution < -0.4 is 10.9 Å². The summed E-state index contributed by atoms with van der Waals surface area (Å²) in [6.07, 6.45) is 0.238. The number of carbonyl (C=O) groups is 2. The summed E-state index contributed by atoms with van der Waals surface area (Å²) in [5, 5.41) is 3.65. The molecule has 0 unspecified atom stereocenters. The maximum atomic E-state index is 12.2. The number of hydrogen-bond donors (Lipinski definition) is 2. The fraction of sp³-hybridized carbons (Fsp3) is 0.227. The number of benzene rings is 2. The van der Waals surface area contributed by atoms with Gasteiger partial charge in [-0.15, -0.1) is 0 Å². The summed E-state index contributed by atoms with van der Waals surface area (Å²) >= 11 is 0. The highest BCUT2D eigenvalue weighted by Crippen LogP contribution is 2.13. The van der Waals surface area contributed by atoms with Crippen molar-refractivity contribution in [1.29, 1.82) is 0 Å². The van der Waals surface area contributed by atoms with Gasteiger partial charge < -0.3 is 10.3 Å². The van der Waals surface area contributed by atoms with Gasteiger partial charge in [0.25, 0.3) is 5.56 Å². The molecule has 0 atom stereocenters. The van der Waals surface area contributed by atoms with Crippen LogP contribution in [0.2, 0.25) is 0 Å². The molecule has 2 N–H and O–H groups in total. The molecular formula is C22H22N2O3. The molecule has 0 saturated carbocycles. The number of aryl methyl sites for hydroxylation is 2. The highest BCUT2D eigenvalue weighted by atomic mass is 16.2. The van der Waals surface area contributed by atoms with Crippen LogP contribution in [0.4, 0.5) is 0 Å². The Bertz CT molecular complexity index is 1070. The quantitative estimate of drug-likeness (QED) is 0.660. The van der Waals surface area contributed by atoms with E-state index in [9.17, 15) is 14.4 Å². The third-order valence-corrected chi connectivity index (χ3v) is 4.58. The number of amides is 1. The predicted molar refractivity (Wildman–Crippen MR) is 106 cm³/mol. The summed E-state index contributed by atoms with van der Waals surface area (Å²) in [5.74, 6) is -0.303. The zero-order valence-corrected chi connectivity index (χ0v) is 15.5. The first kappa shape index (κ1) is 18.6. The van der Waals surface area contributed by atoms with Gasteiger partial charge in [-0.3, -0.25) is 14.4 Å². The van der Waals surface area contributed by atoms with Crippen molar-refractivity contribution in [1.82, 2.24) is 10.3 Å². The van der Waals surface area contributed by atoms with E-state index in [2.05, 4.69) is 10.3 Å². The van der Waals surface area contributed by atoms with Crippen LogP contribution in [0, 0.1) is 13.8 Å². The van der Waals surface area contributed by atoms with E-state index in [1.807, 2.05) is 50.2 Å². The molecule has 0 fully saturated rings. The molecule has 138 valence electrons. The Hall–Kier alpha value is -3.21. The van der Waals surface area contributed by atoms with Gasteiger partial charge in [0.1, 0.15) is 0 Å². The van der Waals surface area contributed by atoms with Crippen molar-refractivity contribution in [2.75, 3.05) is 0 Å². The van der Waals surface area contributed by atoms with Crippen molar-refractivity contribution in [3.05, 3.63) is 81.1 Å².